The lowest BCUT2D eigenvalue weighted by molar-refractivity contribution is -0.107. The minimum atomic E-state index is 0.484. The van der Waals surface area contributed by atoms with Crippen LogP contribution in [0.3, 0.4) is 0 Å². The summed E-state index contributed by atoms with van der Waals surface area (Å²) in [6, 6.07) is 16.8. The molecular formula is C21H25N3OS. The molecule has 5 heteroatoms. The third-order valence-corrected chi connectivity index (χ3v) is 4.62. The summed E-state index contributed by atoms with van der Waals surface area (Å²) >= 11 is 1.63. The van der Waals surface area contributed by atoms with Crippen molar-refractivity contribution in [3.8, 4) is 0 Å². The molecule has 0 bridgehead atoms. The third kappa shape index (κ3) is 7.66. The van der Waals surface area contributed by atoms with Crippen LogP contribution in [0.1, 0.15) is 35.1 Å². The van der Waals surface area contributed by atoms with Gasteiger partial charge in [0.25, 0.3) is 0 Å². The molecule has 0 saturated carbocycles. The normalized spacial score (nSPS) is 11.7. The van der Waals surface area contributed by atoms with E-state index in [9.17, 15) is 4.79 Å². The molecule has 0 unspecified atom stereocenters. The monoisotopic (exact) mass is 367 g/mol. The van der Waals surface area contributed by atoms with Gasteiger partial charge in [-0.2, -0.15) is 5.10 Å². The van der Waals surface area contributed by atoms with Gasteiger partial charge in [-0.1, -0.05) is 71.4 Å². The smallest absolute Gasteiger partial charge is 0.177 e. The molecule has 0 aliphatic heterocycles. The Morgan fingerprint density at radius 1 is 1.04 bits per heavy atom. The largest absolute Gasteiger partial charge is 0.303 e. The van der Waals surface area contributed by atoms with E-state index in [1.54, 1.807) is 18.0 Å². The molecule has 0 saturated heterocycles. The fourth-order valence-electron chi connectivity index (χ4n) is 2.23. The van der Waals surface area contributed by atoms with E-state index in [4.69, 9.17) is 0 Å². The molecule has 2 aromatic rings. The zero-order valence-corrected chi connectivity index (χ0v) is 16.1. The lowest BCUT2D eigenvalue weighted by atomic mass is 10.1. The van der Waals surface area contributed by atoms with E-state index in [2.05, 4.69) is 77.9 Å². The number of hydrazone groups is 1. The molecule has 0 aromatic heterocycles. The molecule has 0 aliphatic carbocycles. The summed E-state index contributed by atoms with van der Waals surface area (Å²) in [7, 11) is 0. The number of benzene rings is 2. The van der Waals surface area contributed by atoms with E-state index >= 15 is 0 Å². The highest BCUT2D eigenvalue weighted by Crippen LogP contribution is 2.15. The molecule has 2 aromatic carbocycles. The topological polar surface area (TPSA) is 53.8 Å². The maximum Gasteiger partial charge on any atom is 0.177 e. The number of hydrogen-bond acceptors (Lipinski definition) is 4. The SMILES string of the molecule is Cc1ccc(CN=C(N/N=C/CCC=O)SCc2cccc(C)c2)cc1. The van der Waals surface area contributed by atoms with Crippen LogP contribution in [0.4, 0.5) is 0 Å². The molecule has 26 heavy (non-hydrogen) atoms. The van der Waals surface area contributed by atoms with E-state index in [0.29, 0.717) is 19.4 Å². The van der Waals surface area contributed by atoms with Crippen molar-refractivity contribution in [2.45, 2.75) is 39.0 Å². The van der Waals surface area contributed by atoms with Gasteiger partial charge in [0.2, 0.25) is 0 Å². The molecule has 0 heterocycles. The molecular weight excluding hydrogens is 342 g/mol. The van der Waals surface area contributed by atoms with E-state index in [1.807, 2.05) is 0 Å². The second kappa shape index (κ2) is 11.3. The van der Waals surface area contributed by atoms with Gasteiger partial charge >= 0.3 is 0 Å². The first-order valence-corrected chi connectivity index (χ1v) is 9.65. The van der Waals surface area contributed by atoms with Crippen molar-refractivity contribution in [1.29, 1.82) is 0 Å². The molecule has 0 radical (unpaired) electrons. The van der Waals surface area contributed by atoms with Crippen molar-refractivity contribution in [3.05, 3.63) is 70.8 Å². The van der Waals surface area contributed by atoms with Gasteiger partial charge in [0, 0.05) is 18.4 Å². The number of carbonyl (C=O) groups excluding carboxylic acids is 1. The summed E-state index contributed by atoms with van der Waals surface area (Å²) in [5.74, 6) is 0.825. The van der Waals surface area contributed by atoms with E-state index in [1.165, 1.54) is 16.7 Å². The number of amidine groups is 1. The van der Waals surface area contributed by atoms with E-state index in [0.717, 1.165) is 22.8 Å². The summed E-state index contributed by atoms with van der Waals surface area (Å²) in [5, 5.41) is 4.95. The lowest BCUT2D eigenvalue weighted by Gasteiger charge is -2.07. The van der Waals surface area contributed by atoms with Crippen molar-refractivity contribution >= 4 is 29.4 Å². The van der Waals surface area contributed by atoms with Crippen LogP contribution in [0.15, 0.2) is 58.6 Å². The summed E-state index contributed by atoms with van der Waals surface area (Å²) in [6.45, 7) is 4.77. The predicted molar refractivity (Wildman–Crippen MR) is 112 cm³/mol. The van der Waals surface area contributed by atoms with Crippen molar-refractivity contribution in [1.82, 2.24) is 5.43 Å². The number of nitrogens with zero attached hydrogens (tertiary/aromatic N) is 2. The van der Waals surface area contributed by atoms with Crippen LogP contribution in [-0.4, -0.2) is 17.7 Å². The van der Waals surface area contributed by atoms with Gasteiger partial charge < -0.3 is 4.79 Å². The second-order valence-corrected chi connectivity index (χ2v) is 7.02. The first-order valence-electron chi connectivity index (χ1n) is 8.67. The molecule has 2 rings (SSSR count). The number of carbonyl (C=O) groups is 1. The van der Waals surface area contributed by atoms with Crippen molar-refractivity contribution in [2.24, 2.45) is 10.1 Å². The second-order valence-electron chi connectivity index (χ2n) is 6.05. The Bertz CT molecular complexity index is 754. The molecule has 0 aliphatic rings. The average molecular weight is 368 g/mol. The molecule has 1 N–H and O–H groups in total. The Balaban J connectivity index is 1.99. The standard InChI is InChI=1S/C21H25N3OS/c1-17-8-10-19(11-9-17)15-22-21(24-23-12-3-4-13-25)26-16-20-7-5-6-18(2)14-20/h5-14H,3-4,15-16H2,1-2H3,(H,22,24)/b23-12+. The van der Waals surface area contributed by atoms with Gasteiger partial charge in [-0.05, 0) is 31.4 Å². The first kappa shape index (κ1) is 19.9. The number of rotatable bonds is 8. The minimum Gasteiger partial charge on any atom is -0.303 e. The zero-order valence-electron chi connectivity index (χ0n) is 15.3. The number of thioether (sulfide) groups is 1. The number of aliphatic imine (C=N–C) groups is 1. The molecule has 136 valence electrons. The Morgan fingerprint density at radius 2 is 1.85 bits per heavy atom. The lowest BCUT2D eigenvalue weighted by Crippen LogP contribution is -2.14. The summed E-state index contributed by atoms with van der Waals surface area (Å²) in [5.41, 5.74) is 7.92. The predicted octanol–water partition coefficient (Wildman–Crippen LogP) is 4.65. The highest BCUT2D eigenvalue weighted by molar-refractivity contribution is 8.13. The van der Waals surface area contributed by atoms with Crippen molar-refractivity contribution < 1.29 is 4.79 Å². The summed E-state index contributed by atoms with van der Waals surface area (Å²) in [6.07, 6.45) is 3.72. The average Bonchev–Trinajstić information content (AvgIpc) is 2.64. The highest BCUT2D eigenvalue weighted by Gasteiger charge is 2.02. The van der Waals surface area contributed by atoms with Gasteiger partial charge in [-0.15, -0.1) is 0 Å². The molecule has 0 amide bonds. The Morgan fingerprint density at radius 3 is 2.58 bits per heavy atom. The Kier molecular flexibility index (Phi) is 8.63. The van der Waals surface area contributed by atoms with Crippen LogP contribution in [0.2, 0.25) is 0 Å². The quantitative estimate of drug-likeness (QED) is 0.243. The van der Waals surface area contributed by atoms with Crippen LogP contribution < -0.4 is 5.43 Å². The van der Waals surface area contributed by atoms with Crippen molar-refractivity contribution in [2.75, 3.05) is 0 Å². The van der Waals surface area contributed by atoms with Crippen molar-refractivity contribution in [3.63, 3.8) is 0 Å². The fraction of sp³-hybridized carbons (Fsp3) is 0.286. The fourth-order valence-corrected chi connectivity index (χ4v) is 2.99. The third-order valence-electron chi connectivity index (χ3n) is 3.65. The van der Waals surface area contributed by atoms with Crippen LogP contribution in [0.25, 0.3) is 0 Å². The maximum absolute atomic E-state index is 10.4. The Hall–Kier alpha value is -2.40. The molecule has 0 fully saturated rings. The van der Waals surface area contributed by atoms with Gasteiger partial charge in [-0.3, -0.25) is 10.4 Å². The van der Waals surface area contributed by atoms with Crippen LogP contribution in [0, 0.1) is 13.8 Å². The number of aldehydes is 1. The van der Waals surface area contributed by atoms with Crippen LogP contribution >= 0.6 is 11.8 Å². The first-order chi connectivity index (χ1) is 12.7. The number of nitrogens with one attached hydrogen (secondary N) is 1. The zero-order chi connectivity index (χ0) is 18.6. The van der Waals surface area contributed by atoms with Gasteiger partial charge in [0.1, 0.15) is 6.29 Å². The molecule has 0 atom stereocenters. The van der Waals surface area contributed by atoms with Gasteiger partial charge in [0.05, 0.1) is 6.54 Å². The Labute approximate surface area is 159 Å². The van der Waals surface area contributed by atoms with E-state index in [-0.39, 0.29) is 0 Å². The van der Waals surface area contributed by atoms with E-state index < -0.39 is 0 Å². The van der Waals surface area contributed by atoms with Crippen LogP contribution in [-0.2, 0) is 17.1 Å². The number of aryl methyl sites for hydroxylation is 2. The molecule has 0 spiro atoms. The number of unbranched alkanes of at least 4 members (excludes halogenated alkanes) is 1. The summed E-state index contributed by atoms with van der Waals surface area (Å²) in [4.78, 5) is 15.0. The summed E-state index contributed by atoms with van der Waals surface area (Å²) < 4.78 is 0. The number of hydrogen-bond donors (Lipinski definition) is 1. The van der Waals surface area contributed by atoms with Gasteiger partial charge in [0.15, 0.2) is 5.17 Å². The minimum absolute atomic E-state index is 0.484. The molecule has 4 nitrogen and oxygen atoms in total. The van der Waals surface area contributed by atoms with Crippen LogP contribution in [0.5, 0.6) is 0 Å². The van der Waals surface area contributed by atoms with Gasteiger partial charge in [-0.25, -0.2) is 0 Å². The highest BCUT2D eigenvalue weighted by atomic mass is 32.2. The maximum atomic E-state index is 10.4.